The topological polar surface area (TPSA) is 49.6 Å². The van der Waals surface area contributed by atoms with Gasteiger partial charge in [-0.15, -0.1) is 0 Å². The van der Waals surface area contributed by atoms with Crippen LogP contribution in [0.25, 0.3) is 0 Å². The van der Waals surface area contributed by atoms with Crippen LogP contribution in [0, 0.1) is 5.41 Å². The molecule has 0 saturated carbocycles. The quantitative estimate of drug-likeness (QED) is 0.697. The molecule has 0 aromatic rings. The van der Waals surface area contributed by atoms with E-state index < -0.39 is 0 Å². The first-order valence-electron chi connectivity index (χ1n) is 7.55. The lowest BCUT2D eigenvalue weighted by Crippen LogP contribution is -2.51. The Kier molecular flexibility index (Phi) is 8.26. The van der Waals surface area contributed by atoms with E-state index in [0.29, 0.717) is 6.54 Å². The van der Waals surface area contributed by atoms with Crippen molar-refractivity contribution in [3.8, 4) is 0 Å². The average molecular weight is 271 g/mol. The Hall–Kier alpha value is -0.610. The van der Waals surface area contributed by atoms with E-state index in [0.717, 1.165) is 32.6 Å². The molecule has 1 unspecified atom stereocenters. The lowest BCUT2D eigenvalue weighted by atomic mass is 9.92. The summed E-state index contributed by atoms with van der Waals surface area (Å²) in [6, 6.07) is -0.0642. The largest absolute Gasteiger partial charge is 0.342 e. The summed E-state index contributed by atoms with van der Waals surface area (Å²) in [7, 11) is 0. The molecule has 4 heteroatoms. The third-order valence-electron chi connectivity index (χ3n) is 3.67. The van der Waals surface area contributed by atoms with Crippen LogP contribution in [0.2, 0.25) is 0 Å². The van der Waals surface area contributed by atoms with Crippen LogP contribution >= 0.6 is 0 Å². The molecule has 0 radical (unpaired) electrons. The first-order chi connectivity index (χ1) is 8.82. The van der Waals surface area contributed by atoms with Crippen molar-refractivity contribution in [2.45, 2.75) is 54.0 Å². The first kappa shape index (κ1) is 18.4. The third kappa shape index (κ3) is 5.91. The third-order valence-corrected chi connectivity index (χ3v) is 3.67. The van der Waals surface area contributed by atoms with E-state index in [4.69, 9.17) is 5.73 Å². The molecule has 0 aliphatic carbocycles. The van der Waals surface area contributed by atoms with Gasteiger partial charge in [0, 0.05) is 19.6 Å². The Morgan fingerprint density at radius 1 is 1.21 bits per heavy atom. The zero-order chi connectivity index (χ0) is 15.1. The standard InChI is InChI=1S/C15H33N3O/c1-7-10-18(12-15(5,6)11-16)13(4)14(19)17(8-2)9-3/h13H,7-12,16H2,1-6H3. The molecule has 0 rings (SSSR count). The van der Waals surface area contributed by atoms with Gasteiger partial charge in [0.25, 0.3) is 0 Å². The van der Waals surface area contributed by atoms with Crippen molar-refractivity contribution >= 4 is 5.91 Å². The molecule has 2 N–H and O–H groups in total. The summed E-state index contributed by atoms with van der Waals surface area (Å²) < 4.78 is 0. The Bertz CT molecular complexity index is 262. The van der Waals surface area contributed by atoms with Gasteiger partial charge >= 0.3 is 0 Å². The molecule has 0 aromatic carbocycles. The van der Waals surface area contributed by atoms with Crippen molar-refractivity contribution in [3.63, 3.8) is 0 Å². The van der Waals surface area contributed by atoms with Gasteiger partial charge in [-0.3, -0.25) is 9.69 Å². The van der Waals surface area contributed by atoms with E-state index in [9.17, 15) is 4.79 Å². The molecule has 1 amide bonds. The second kappa shape index (κ2) is 8.54. The summed E-state index contributed by atoms with van der Waals surface area (Å²) in [6.07, 6.45) is 1.05. The number of nitrogens with zero attached hydrogens (tertiary/aromatic N) is 2. The van der Waals surface area contributed by atoms with Crippen LogP contribution in [0.15, 0.2) is 0 Å². The van der Waals surface area contributed by atoms with Gasteiger partial charge in [0.05, 0.1) is 6.04 Å². The molecule has 0 bridgehead atoms. The number of carbonyl (C=O) groups excluding carboxylic acids is 1. The number of hydrogen-bond donors (Lipinski definition) is 1. The summed E-state index contributed by atoms with van der Waals surface area (Å²) >= 11 is 0. The first-order valence-corrected chi connectivity index (χ1v) is 7.55. The molecule has 0 saturated heterocycles. The minimum Gasteiger partial charge on any atom is -0.342 e. The fourth-order valence-corrected chi connectivity index (χ4v) is 2.27. The molecule has 0 spiro atoms. The zero-order valence-corrected chi connectivity index (χ0v) is 13.7. The molecule has 4 nitrogen and oxygen atoms in total. The molecule has 0 heterocycles. The number of rotatable bonds is 9. The molecule has 0 aliphatic heterocycles. The summed E-state index contributed by atoms with van der Waals surface area (Å²) in [5.41, 5.74) is 5.87. The summed E-state index contributed by atoms with van der Waals surface area (Å²) in [6.45, 7) is 16.5. The lowest BCUT2D eigenvalue weighted by molar-refractivity contribution is -0.136. The van der Waals surface area contributed by atoms with Crippen LogP contribution in [0.4, 0.5) is 0 Å². The highest BCUT2D eigenvalue weighted by Gasteiger charge is 2.28. The van der Waals surface area contributed by atoms with Crippen LogP contribution in [-0.4, -0.2) is 54.5 Å². The molecule has 114 valence electrons. The van der Waals surface area contributed by atoms with Crippen LogP contribution in [-0.2, 0) is 4.79 Å². The van der Waals surface area contributed by atoms with Gasteiger partial charge in [-0.1, -0.05) is 20.8 Å². The van der Waals surface area contributed by atoms with Crippen molar-refractivity contribution in [1.29, 1.82) is 0 Å². The fraction of sp³-hybridized carbons (Fsp3) is 0.933. The molecule has 0 fully saturated rings. The van der Waals surface area contributed by atoms with Crippen LogP contribution < -0.4 is 5.73 Å². The van der Waals surface area contributed by atoms with E-state index in [1.807, 2.05) is 25.7 Å². The zero-order valence-electron chi connectivity index (χ0n) is 13.7. The van der Waals surface area contributed by atoms with Crippen molar-refractivity contribution in [1.82, 2.24) is 9.80 Å². The van der Waals surface area contributed by atoms with E-state index >= 15 is 0 Å². The minimum absolute atomic E-state index is 0.0486. The maximum Gasteiger partial charge on any atom is 0.239 e. The fourth-order valence-electron chi connectivity index (χ4n) is 2.27. The van der Waals surface area contributed by atoms with Crippen LogP contribution in [0.1, 0.15) is 48.0 Å². The maximum atomic E-state index is 12.4. The van der Waals surface area contributed by atoms with Gasteiger partial charge in [0.1, 0.15) is 0 Å². The number of carbonyl (C=O) groups is 1. The van der Waals surface area contributed by atoms with Gasteiger partial charge in [-0.05, 0) is 45.7 Å². The summed E-state index contributed by atoms with van der Waals surface area (Å²) in [5.74, 6) is 0.228. The van der Waals surface area contributed by atoms with Gasteiger partial charge in [0.15, 0.2) is 0 Å². The Morgan fingerprint density at radius 2 is 1.74 bits per heavy atom. The second-order valence-corrected chi connectivity index (χ2v) is 6.03. The van der Waals surface area contributed by atoms with E-state index in [-0.39, 0.29) is 17.4 Å². The molecule has 1 atom stereocenters. The van der Waals surface area contributed by atoms with Crippen molar-refractivity contribution in [2.75, 3.05) is 32.7 Å². The Balaban J connectivity index is 4.82. The highest BCUT2D eigenvalue weighted by atomic mass is 16.2. The van der Waals surface area contributed by atoms with E-state index in [1.165, 1.54) is 0 Å². The number of amides is 1. The van der Waals surface area contributed by atoms with Gasteiger partial charge in [0.2, 0.25) is 5.91 Å². The minimum atomic E-state index is -0.0642. The average Bonchev–Trinajstić information content (AvgIpc) is 2.38. The van der Waals surface area contributed by atoms with E-state index in [2.05, 4.69) is 25.7 Å². The molecule has 0 aliphatic rings. The normalized spacial score (nSPS) is 13.7. The highest BCUT2D eigenvalue weighted by Crippen LogP contribution is 2.18. The van der Waals surface area contributed by atoms with Crippen LogP contribution in [0.3, 0.4) is 0 Å². The molecular formula is C15H33N3O. The SMILES string of the molecule is CCCN(CC(C)(C)CN)C(C)C(=O)N(CC)CC. The molecule has 19 heavy (non-hydrogen) atoms. The Labute approximate surface area is 119 Å². The molecular weight excluding hydrogens is 238 g/mol. The highest BCUT2D eigenvalue weighted by molar-refractivity contribution is 5.81. The van der Waals surface area contributed by atoms with Crippen molar-refractivity contribution < 1.29 is 4.79 Å². The predicted molar refractivity (Wildman–Crippen MR) is 82.1 cm³/mol. The summed E-state index contributed by atoms with van der Waals surface area (Å²) in [5, 5.41) is 0. The van der Waals surface area contributed by atoms with Crippen molar-refractivity contribution in [2.24, 2.45) is 11.1 Å². The number of hydrogen-bond acceptors (Lipinski definition) is 3. The number of likely N-dealkylation sites (N-methyl/N-ethyl adjacent to an activating group) is 1. The number of nitrogens with two attached hydrogens (primary N) is 1. The predicted octanol–water partition coefficient (Wildman–Crippen LogP) is 1.94. The Morgan fingerprint density at radius 3 is 2.11 bits per heavy atom. The van der Waals surface area contributed by atoms with Gasteiger partial charge < -0.3 is 10.6 Å². The second-order valence-electron chi connectivity index (χ2n) is 6.03. The van der Waals surface area contributed by atoms with Crippen molar-refractivity contribution in [3.05, 3.63) is 0 Å². The maximum absolute atomic E-state index is 12.4. The van der Waals surface area contributed by atoms with Gasteiger partial charge in [-0.25, -0.2) is 0 Å². The summed E-state index contributed by atoms with van der Waals surface area (Å²) in [4.78, 5) is 16.6. The monoisotopic (exact) mass is 271 g/mol. The van der Waals surface area contributed by atoms with Gasteiger partial charge in [-0.2, -0.15) is 0 Å². The van der Waals surface area contributed by atoms with E-state index in [1.54, 1.807) is 0 Å². The smallest absolute Gasteiger partial charge is 0.239 e. The van der Waals surface area contributed by atoms with Crippen LogP contribution in [0.5, 0.6) is 0 Å². The molecule has 0 aromatic heterocycles. The lowest BCUT2D eigenvalue weighted by Gasteiger charge is -2.36.